The maximum atomic E-state index is 12.2. The van der Waals surface area contributed by atoms with Gasteiger partial charge >= 0.3 is 0 Å². The molecule has 0 saturated carbocycles. The summed E-state index contributed by atoms with van der Waals surface area (Å²) in [5.41, 5.74) is 2.56. The molecular weight excluding hydrogens is 344 g/mol. The van der Waals surface area contributed by atoms with Crippen molar-refractivity contribution in [3.05, 3.63) is 59.8 Å². The molecule has 0 aliphatic rings. The Morgan fingerprint density at radius 3 is 2.59 bits per heavy atom. The second-order valence-electron chi connectivity index (χ2n) is 6.04. The van der Waals surface area contributed by atoms with E-state index in [9.17, 15) is 4.79 Å². The maximum Gasteiger partial charge on any atom is 0.258 e. The number of nitrogens with one attached hydrogen (secondary N) is 1. The molecular formula is C21H22N2O4. The summed E-state index contributed by atoms with van der Waals surface area (Å²) in [5.74, 6) is 1.65. The molecule has 0 unspecified atom stereocenters. The molecule has 1 N–H and O–H groups in total. The summed E-state index contributed by atoms with van der Waals surface area (Å²) < 4.78 is 16.2. The van der Waals surface area contributed by atoms with Crippen LogP contribution in [0.4, 0.5) is 0 Å². The average Bonchev–Trinajstić information content (AvgIpc) is 2.70. The number of para-hydroxylation sites is 1. The van der Waals surface area contributed by atoms with Crippen LogP contribution in [0, 0.1) is 6.92 Å². The lowest BCUT2D eigenvalue weighted by Crippen LogP contribution is -2.28. The summed E-state index contributed by atoms with van der Waals surface area (Å²) in [6.07, 6.45) is 0. The minimum atomic E-state index is -0.213. The highest BCUT2D eigenvalue weighted by Gasteiger charge is 2.09. The Kier molecular flexibility index (Phi) is 5.76. The number of rotatable bonds is 7. The van der Waals surface area contributed by atoms with E-state index in [0.29, 0.717) is 23.8 Å². The van der Waals surface area contributed by atoms with Gasteiger partial charge in [-0.25, -0.2) is 4.98 Å². The van der Waals surface area contributed by atoms with Crippen molar-refractivity contribution in [3.63, 3.8) is 0 Å². The summed E-state index contributed by atoms with van der Waals surface area (Å²) in [6, 6.07) is 15.1. The first-order chi connectivity index (χ1) is 13.1. The van der Waals surface area contributed by atoms with Gasteiger partial charge in [0.05, 0.1) is 14.2 Å². The predicted molar refractivity (Wildman–Crippen MR) is 103 cm³/mol. The first-order valence-corrected chi connectivity index (χ1v) is 8.57. The van der Waals surface area contributed by atoms with Crippen LogP contribution in [0.5, 0.6) is 17.2 Å². The third-order valence-electron chi connectivity index (χ3n) is 4.12. The van der Waals surface area contributed by atoms with Gasteiger partial charge in [0.15, 0.2) is 18.1 Å². The standard InChI is InChI=1S/C21H22N2O4/c1-14-7-9-16-5-4-6-18(21(16)23-14)27-13-20(24)22-12-15-8-10-17(25-2)19(11-15)26-3/h4-11H,12-13H2,1-3H3,(H,22,24). The van der Waals surface area contributed by atoms with Crippen molar-refractivity contribution in [1.82, 2.24) is 10.3 Å². The van der Waals surface area contributed by atoms with Gasteiger partial charge in [-0.15, -0.1) is 0 Å². The van der Waals surface area contributed by atoms with Crippen LogP contribution in [0.3, 0.4) is 0 Å². The lowest BCUT2D eigenvalue weighted by molar-refractivity contribution is -0.123. The number of carbonyl (C=O) groups excluding carboxylic acids is 1. The number of fused-ring (bicyclic) bond motifs is 1. The summed E-state index contributed by atoms with van der Waals surface area (Å²) in [4.78, 5) is 16.7. The van der Waals surface area contributed by atoms with E-state index in [1.54, 1.807) is 20.3 Å². The number of aromatic nitrogens is 1. The van der Waals surface area contributed by atoms with Crippen molar-refractivity contribution in [1.29, 1.82) is 0 Å². The molecule has 0 fully saturated rings. The van der Waals surface area contributed by atoms with E-state index in [1.165, 1.54) is 0 Å². The molecule has 2 aromatic carbocycles. The molecule has 1 heterocycles. The van der Waals surface area contributed by atoms with Gasteiger partial charge in [-0.3, -0.25) is 4.79 Å². The van der Waals surface area contributed by atoms with Crippen LogP contribution in [0.2, 0.25) is 0 Å². The minimum Gasteiger partial charge on any atom is -0.493 e. The van der Waals surface area contributed by atoms with Crippen LogP contribution < -0.4 is 19.5 Å². The van der Waals surface area contributed by atoms with Gasteiger partial charge in [0.2, 0.25) is 0 Å². The van der Waals surface area contributed by atoms with Crippen LogP contribution in [-0.2, 0) is 11.3 Å². The largest absolute Gasteiger partial charge is 0.493 e. The van der Waals surface area contributed by atoms with Gasteiger partial charge in [0, 0.05) is 17.6 Å². The van der Waals surface area contributed by atoms with Gasteiger partial charge in [0.1, 0.15) is 11.3 Å². The van der Waals surface area contributed by atoms with Gasteiger partial charge in [0.25, 0.3) is 5.91 Å². The van der Waals surface area contributed by atoms with Crippen LogP contribution in [0.1, 0.15) is 11.3 Å². The molecule has 3 rings (SSSR count). The number of benzene rings is 2. The topological polar surface area (TPSA) is 69.7 Å². The molecule has 3 aromatic rings. The van der Waals surface area contributed by atoms with E-state index < -0.39 is 0 Å². The number of methoxy groups -OCH3 is 2. The molecule has 0 aliphatic carbocycles. The molecule has 0 saturated heterocycles. The maximum absolute atomic E-state index is 12.2. The number of nitrogens with zero attached hydrogens (tertiary/aromatic N) is 1. The quantitative estimate of drug-likeness (QED) is 0.695. The second-order valence-corrected chi connectivity index (χ2v) is 6.04. The van der Waals surface area contributed by atoms with Crippen molar-refractivity contribution in [3.8, 4) is 17.2 Å². The van der Waals surface area contributed by atoms with E-state index in [-0.39, 0.29) is 12.5 Å². The van der Waals surface area contributed by atoms with Crippen LogP contribution in [-0.4, -0.2) is 31.7 Å². The SMILES string of the molecule is COc1ccc(CNC(=O)COc2cccc3ccc(C)nc23)cc1OC. The van der Waals surface area contributed by atoms with E-state index in [1.807, 2.05) is 49.4 Å². The Morgan fingerprint density at radius 2 is 1.81 bits per heavy atom. The molecule has 1 amide bonds. The zero-order valence-electron chi connectivity index (χ0n) is 15.6. The summed E-state index contributed by atoms with van der Waals surface area (Å²) in [6.45, 7) is 2.21. The highest BCUT2D eigenvalue weighted by molar-refractivity contribution is 5.85. The van der Waals surface area contributed by atoms with Crippen molar-refractivity contribution in [2.75, 3.05) is 20.8 Å². The number of hydrogen-bond donors (Lipinski definition) is 1. The molecule has 0 radical (unpaired) electrons. The molecule has 1 aromatic heterocycles. The Labute approximate surface area is 158 Å². The first kappa shape index (κ1) is 18.5. The van der Waals surface area contributed by atoms with Crippen molar-refractivity contribution < 1.29 is 19.0 Å². The number of carbonyl (C=O) groups is 1. The van der Waals surface area contributed by atoms with Crippen molar-refractivity contribution in [2.24, 2.45) is 0 Å². The molecule has 6 heteroatoms. The lowest BCUT2D eigenvalue weighted by atomic mass is 10.2. The Balaban J connectivity index is 1.60. The zero-order valence-corrected chi connectivity index (χ0v) is 15.6. The number of aryl methyl sites for hydroxylation is 1. The molecule has 27 heavy (non-hydrogen) atoms. The number of amides is 1. The van der Waals surface area contributed by atoms with E-state index in [0.717, 1.165) is 22.2 Å². The van der Waals surface area contributed by atoms with Crippen LogP contribution >= 0.6 is 0 Å². The van der Waals surface area contributed by atoms with E-state index in [2.05, 4.69) is 10.3 Å². The molecule has 0 aliphatic heterocycles. The zero-order chi connectivity index (χ0) is 19.2. The van der Waals surface area contributed by atoms with Crippen LogP contribution in [0.25, 0.3) is 10.9 Å². The highest BCUT2D eigenvalue weighted by atomic mass is 16.5. The van der Waals surface area contributed by atoms with Gasteiger partial charge in [-0.05, 0) is 36.8 Å². The normalized spacial score (nSPS) is 10.5. The van der Waals surface area contributed by atoms with Crippen molar-refractivity contribution in [2.45, 2.75) is 13.5 Å². The number of pyridine rings is 1. The minimum absolute atomic E-state index is 0.0813. The van der Waals surface area contributed by atoms with Crippen molar-refractivity contribution >= 4 is 16.8 Å². The fourth-order valence-electron chi connectivity index (χ4n) is 2.72. The first-order valence-electron chi connectivity index (χ1n) is 8.57. The van der Waals surface area contributed by atoms with E-state index in [4.69, 9.17) is 14.2 Å². The molecule has 0 bridgehead atoms. The lowest BCUT2D eigenvalue weighted by Gasteiger charge is -2.11. The van der Waals surface area contributed by atoms with Gasteiger partial charge in [-0.1, -0.05) is 24.3 Å². The fourth-order valence-corrected chi connectivity index (χ4v) is 2.72. The smallest absolute Gasteiger partial charge is 0.258 e. The Hall–Kier alpha value is -3.28. The second kappa shape index (κ2) is 8.40. The van der Waals surface area contributed by atoms with E-state index >= 15 is 0 Å². The van der Waals surface area contributed by atoms with Gasteiger partial charge in [-0.2, -0.15) is 0 Å². The average molecular weight is 366 g/mol. The number of ether oxygens (including phenoxy) is 3. The third-order valence-corrected chi connectivity index (χ3v) is 4.12. The predicted octanol–water partition coefficient (Wildman–Crippen LogP) is 3.26. The monoisotopic (exact) mass is 366 g/mol. The molecule has 0 atom stereocenters. The fraction of sp³-hybridized carbons (Fsp3) is 0.238. The van der Waals surface area contributed by atoms with Gasteiger partial charge < -0.3 is 19.5 Å². The summed E-state index contributed by atoms with van der Waals surface area (Å²) >= 11 is 0. The molecule has 6 nitrogen and oxygen atoms in total. The Bertz CT molecular complexity index is 956. The Morgan fingerprint density at radius 1 is 1.00 bits per heavy atom. The summed E-state index contributed by atoms with van der Waals surface area (Å²) in [7, 11) is 3.16. The molecule has 0 spiro atoms. The highest BCUT2D eigenvalue weighted by Crippen LogP contribution is 2.27. The van der Waals surface area contributed by atoms with Crippen LogP contribution in [0.15, 0.2) is 48.5 Å². The molecule has 140 valence electrons. The number of hydrogen-bond acceptors (Lipinski definition) is 5. The third kappa shape index (κ3) is 4.47. The summed E-state index contributed by atoms with van der Waals surface area (Å²) in [5, 5.41) is 3.81.